The van der Waals surface area contributed by atoms with Crippen LogP contribution in [0.4, 0.5) is 0 Å². The van der Waals surface area contributed by atoms with Gasteiger partial charge in [-0.3, -0.25) is 9.59 Å². The van der Waals surface area contributed by atoms with E-state index in [1.165, 1.54) is 22.7 Å². The first-order valence-corrected chi connectivity index (χ1v) is 10.3. The molecule has 1 atom stereocenters. The van der Waals surface area contributed by atoms with Crippen molar-refractivity contribution in [2.45, 2.75) is 39.8 Å². The van der Waals surface area contributed by atoms with Crippen LogP contribution in [0.1, 0.15) is 34.2 Å². The number of halogens is 3. The van der Waals surface area contributed by atoms with Crippen molar-refractivity contribution < 1.29 is 9.59 Å². The fourth-order valence-electron chi connectivity index (χ4n) is 3.02. The Morgan fingerprint density at radius 3 is 2.03 bits per heavy atom. The van der Waals surface area contributed by atoms with Gasteiger partial charge in [0.25, 0.3) is 0 Å². The number of hydrogen-bond acceptors (Lipinski definition) is 7. The molecule has 2 aromatic rings. The second-order valence-corrected chi connectivity index (χ2v) is 8.49. The summed E-state index contributed by atoms with van der Waals surface area (Å²) in [4.78, 5) is 33.9. The predicted octanol–water partition coefficient (Wildman–Crippen LogP) is 2.78. The standard InChI is InChI=1S/C17H23N5O2S2.3ClH/c1-11-8-25-14(21-11)6-19-13(23)5-17(3-4-18-10-17)16(24)20-7-15-22-12(2)9-26-15;;;/h8-9,18H,3-7,10H2,1-2H3,(H,19,23)(H,20,24);3*1H. The maximum atomic E-state index is 12.8. The molecule has 1 aliphatic rings. The molecule has 1 unspecified atom stereocenters. The molecule has 3 rings (SSSR count). The van der Waals surface area contributed by atoms with E-state index in [2.05, 4.69) is 25.9 Å². The lowest BCUT2D eigenvalue weighted by molar-refractivity contribution is -0.135. The third kappa shape index (κ3) is 7.66. The molecule has 7 nitrogen and oxygen atoms in total. The summed E-state index contributed by atoms with van der Waals surface area (Å²) >= 11 is 3.05. The lowest BCUT2D eigenvalue weighted by atomic mass is 9.82. The average molecular weight is 503 g/mol. The summed E-state index contributed by atoms with van der Waals surface area (Å²) in [5.74, 6) is -0.211. The summed E-state index contributed by atoms with van der Waals surface area (Å²) in [7, 11) is 0. The molecule has 0 aromatic carbocycles. The Kier molecular flexibility index (Phi) is 12.2. The molecule has 3 heterocycles. The van der Waals surface area contributed by atoms with Crippen molar-refractivity contribution in [2.24, 2.45) is 5.41 Å². The normalized spacial score (nSPS) is 17.4. The highest BCUT2D eigenvalue weighted by atomic mass is 35.5. The van der Waals surface area contributed by atoms with Crippen LogP contribution in [0.5, 0.6) is 0 Å². The molecule has 3 N–H and O–H groups in total. The minimum atomic E-state index is -0.699. The predicted molar refractivity (Wildman–Crippen MR) is 124 cm³/mol. The molecular formula is C17H26Cl3N5O2S2. The average Bonchev–Trinajstić information content (AvgIpc) is 3.33. The first-order valence-electron chi connectivity index (χ1n) is 8.55. The molecule has 1 saturated heterocycles. The van der Waals surface area contributed by atoms with Crippen LogP contribution in [0.2, 0.25) is 0 Å². The summed E-state index contributed by atoms with van der Waals surface area (Å²) in [5.41, 5.74) is 1.20. The van der Waals surface area contributed by atoms with Crippen LogP contribution in [0, 0.1) is 19.3 Å². The van der Waals surface area contributed by atoms with Crippen LogP contribution in [0.15, 0.2) is 10.8 Å². The summed E-state index contributed by atoms with van der Waals surface area (Å²) in [6, 6.07) is 0. The highest BCUT2D eigenvalue weighted by Crippen LogP contribution is 2.30. The van der Waals surface area contributed by atoms with Crippen molar-refractivity contribution in [1.82, 2.24) is 25.9 Å². The van der Waals surface area contributed by atoms with E-state index >= 15 is 0 Å². The van der Waals surface area contributed by atoms with Crippen molar-refractivity contribution in [3.05, 3.63) is 32.2 Å². The molecule has 164 valence electrons. The quantitative estimate of drug-likeness (QED) is 0.541. The maximum absolute atomic E-state index is 12.8. The minimum absolute atomic E-state index is 0. The molecule has 1 fully saturated rings. The second-order valence-electron chi connectivity index (χ2n) is 6.61. The van der Waals surface area contributed by atoms with Crippen LogP contribution in [-0.2, 0) is 22.7 Å². The van der Waals surface area contributed by atoms with Crippen molar-refractivity contribution in [3.63, 3.8) is 0 Å². The minimum Gasteiger partial charge on any atom is -0.350 e. The Hall–Kier alpha value is -0.970. The second kappa shape index (κ2) is 12.7. The fourth-order valence-corrected chi connectivity index (χ4v) is 4.45. The molecule has 29 heavy (non-hydrogen) atoms. The number of nitrogens with one attached hydrogen (secondary N) is 3. The van der Waals surface area contributed by atoms with Gasteiger partial charge in [0.1, 0.15) is 10.0 Å². The summed E-state index contributed by atoms with van der Waals surface area (Å²) in [5, 5.41) is 14.7. The zero-order chi connectivity index (χ0) is 18.6. The first kappa shape index (κ1) is 28.0. The Morgan fingerprint density at radius 2 is 1.59 bits per heavy atom. The van der Waals surface area contributed by atoms with Gasteiger partial charge in [0.15, 0.2) is 0 Å². The summed E-state index contributed by atoms with van der Waals surface area (Å²) < 4.78 is 0. The zero-order valence-electron chi connectivity index (χ0n) is 16.1. The van der Waals surface area contributed by atoms with Crippen LogP contribution < -0.4 is 16.0 Å². The van der Waals surface area contributed by atoms with E-state index in [0.29, 0.717) is 26.1 Å². The van der Waals surface area contributed by atoms with Gasteiger partial charge in [-0.1, -0.05) is 0 Å². The Morgan fingerprint density at radius 1 is 1.03 bits per heavy atom. The van der Waals surface area contributed by atoms with E-state index in [9.17, 15) is 9.59 Å². The number of carbonyl (C=O) groups is 2. The van der Waals surface area contributed by atoms with Crippen LogP contribution in [0.3, 0.4) is 0 Å². The summed E-state index contributed by atoms with van der Waals surface area (Å²) in [6.45, 7) is 5.91. The summed E-state index contributed by atoms with van der Waals surface area (Å²) in [6.07, 6.45) is 0.826. The van der Waals surface area contributed by atoms with E-state index in [-0.39, 0.29) is 55.5 Å². The zero-order valence-corrected chi connectivity index (χ0v) is 20.2. The van der Waals surface area contributed by atoms with Crippen LogP contribution >= 0.6 is 59.9 Å². The topological polar surface area (TPSA) is 96.0 Å². The van der Waals surface area contributed by atoms with Gasteiger partial charge in [0, 0.05) is 35.1 Å². The smallest absolute Gasteiger partial charge is 0.228 e. The van der Waals surface area contributed by atoms with Gasteiger partial charge in [0.05, 0.1) is 18.5 Å². The number of carbonyl (C=O) groups excluding carboxylic acids is 2. The number of amides is 2. The monoisotopic (exact) mass is 501 g/mol. The van der Waals surface area contributed by atoms with E-state index in [1.807, 2.05) is 24.6 Å². The van der Waals surface area contributed by atoms with Gasteiger partial charge < -0.3 is 16.0 Å². The third-order valence-corrected chi connectivity index (χ3v) is 6.33. The van der Waals surface area contributed by atoms with E-state index in [1.54, 1.807) is 0 Å². The number of thiazole rings is 2. The molecule has 0 radical (unpaired) electrons. The van der Waals surface area contributed by atoms with Crippen molar-refractivity contribution >= 4 is 71.7 Å². The number of rotatable bonds is 7. The fraction of sp³-hybridized carbons (Fsp3) is 0.529. The maximum Gasteiger partial charge on any atom is 0.228 e. The molecule has 0 saturated carbocycles. The van der Waals surface area contributed by atoms with Gasteiger partial charge in [-0.15, -0.1) is 59.9 Å². The van der Waals surface area contributed by atoms with Crippen molar-refractivity contribution in [1.29, 1.82) is 0 Å². The highest BCUT2D eigenvalue weighted by Gasteiger charge is 2.42. The van der Waals surface area contributed by atoms with E-state index < -0.39 is 5.41 Å². The highest BCUT2D eigenvalue weighted by molar-refractivity contribution is 7.09. The van der Waals surface area contributed by atoms with Gasteiger partial charge in [0.2, 0.25) is 11.8 Å². The van der Waals surface area contributed by atoms with Gasteiger partial charge >= 0.3 is 0 Å². The van der Waals surface area contributed by atoms with Gasteiger partial charge in [-0.05, 0) is 26.8 Å². The molecule has 1 aliphatic heterocycles. The third-order valence-electron chi connectivity index (χ3n) is 4.39. The lowest BCUT2D eigenvalue weighted by Crippen LogP contribution is -2.45. The molecule has 0 aliphatic carbocycles. The molecule has 12 heteroatoms. The van der Waals surface area contributed by atoms with E-state index in [4.69, 9.17) is 0 Å². The van der Waals surface area contributed by atoms with Crippen molar-refractivity contribution in [3.8, 4) is 0 Å². The van der Waals surface area contributed by atoms with Crippen LogP contribution in [-0.4, -0.2) is 34.9 Å². The molecular weight excluding hydrogens is 477 g/mol. The Bertz CT molecular complexity index is 794. The molecule has 2 aromatic heterocycles. The van der Waals surface area contributed by atoms with Gasteiger partial charge in [-0.25, -0.2) is 9.97 Å². The van der Waals surface area contributed by atoms with Crippen molar-refractivity contribution in [2.75, 3.05) is 13.1 Å². The largest absolute Gasteiger partial charge is 0.350 e. The molecule has 2 amide bonds. The Balaban J connectivity index is 0.00000261. The first-order chi connectivity index (χ1) is 12.5. The molecule has 0 bridgehead atoms. The Labute approximate surface area is 197 Å². The van der Waals surface area contributed by atoms with Crippen LogP contribution in [0.25, 0.3) is 0 Å². The number of nitrogens with zero attached hydrogens (tertiary/aromatic N) is 2. The lowest BCUT2D eigenvalue weighted by Gasteiger charge is -2.26. The number of hydrogen-bond donors (Lipinski definition) is 3. The number of aromatic nitrogens is 2. The number of aryl methyl sites for hydroxylation is 2. The molecule has 0 spiro atoms. The SMILES string of the molecule is Cc1csc(CNC(=O)CC2(C(=O)NCc3nc(C)cs3)CCNC2)n1.Cl.Cl.Cl. The van der Waals surface area contributed by atoms with E-state index in [0.717, 1.165) is 27.9 Å². The van der Waals surface area contributed by atoms with Gasteiger partial charge in [-0.2, -0.15) is 0 Å².